The Morgan fingerprint density at radius 2 is 1.94 bits per heavy atom. The van der Waals surface area contributed by atoms with Crippen molar-refractivity contribution >= 4 is 63.7 Å². The highest BCUT2D eigenvalue weighted by Gasteiger charge is 2.40. The molecule has 1 heterocycles. The van der Waals surface area contributed by atoms with Crippen LogP contribution in [0.1, 0.15) is 46.6 Å². The van der Waals surface area contributed by atoms with Crippen molar-refractivity contribution in [2.45, 2.75) is 71.4 Å². The number of anilines is 1. The first-order valence-electron chi connectivity index (χ1n) is 10.6. The van der Waals surface area contributed by atoms with Crippen molar-refractivity contribution in [1.82, 2.24) is 4.98 Å². The Morgan fingerprint density at radius 3 is 2.47 bits per heavy atom. The van der Waals surface area contributed by atoms with Crippen molar-refractivity contribution in [2.75, 3.05) is 18.1 Å². The van der Waals surface area contributed by atoms with Gasteiger partial charge in [0.1, 0.15) is 17.3 Å². The van der Waals surface area contributed by atoms with Gasteiger partial charge in [-0.05, 0) is 68.2 Å². The van der Waals surface area contributed by atoms with Gasteiger partial charge in [-0.2, -0.15) is 0 Å². The van der Waals surface area contributed by atoms with Crippen molar-refractivity contribution in [1.29, 1.82) is 0 Å². The quantitative estimate of drug-likeness (QED) is 0.334. The predicted molar refractivity (Wildman–Crippen MR) is 139 cm³/mol. The number of amides is 1. The molecule has 0 aliphatic heterocycles. The first kappa shape index (κ1) is 27.0. The molecule has 0 N–H and O–H groups in total. The van der Waals surface area contributed by atoms with Crippen molar-refractivity contribution in [2.24, 2.45) is 0 Å². The molecule has 1 unspecified atom stereocenters. The monoisotopic (exact) mass is 544 g/mol. The number of hydrogen-bond acceptors (Lipinski definition) is 5. The highest BCUT2D eigenvalue weighted by Crippen LogP contribution is 2.38. The molecule has 0 aliphatic rings. The summed E-state index contributed by atoms with van der Waals surface area (Å²) in [5.74, 6) is 0. The number of ether oxygens (including phenoxy) is 1. The second-order valence-electron chi connectivity index (χ2n) is 10.2. The maximum Gasteiger partial charge on any atom is 0.414 e. The summed E-state index contributed by atoms with van der Waals surface area (Å²) in [4.78, 5) is 20.9. The van der Waals surface area contributed by atoms with Gasteiger partial charge >= 0.3 is 6.09 Å². The molecule has 178 valence electrons. The summed E-state index contributed by atoms with van der Waals surface area (Å²) in [6, 6.07) is 5.57. The fourth-order valence-corrected chi connectivity index (χ4v) is 5.39. The molecular weight excluding hydrogens is 511 g/mol. The van der Waals surface area contributed by atoms with Crippen LogP contribution < -0.4 is 4.90 Å². The number of carbonyl (C=O) groups excluding carboxylic acids is 1. The van der Waals surface area contributed by atoms with Gasteiger partial charge in [0.2, 0.25) is 0 Å². The average molecular weight is 546 g/mol. The summed E-state index contributed by atoms with van der Waals surface area (Å²) in [6.07, 6.45) is 0.592. The Kier molecular flexibility index (Phi) is 8.69. The van der Waals surface area contributed by atoms with Crippen LogP contribution in [0.3, 0.4) is 0 Å². The number of halogens is 2. The number of carbonyl (C=O) groups is 1. The lowest BCUT2D eigenvalue weighted by atomic mass is 10.2. The molecule has 0 spiro atoms. The van der Waals surface area contributed by atoms with E-state index in [9.17, 15) is 9.18 Å². The lowest BCUT2D eigenvalue weighted by Gasteiger charge is -2.40. The van der Waals surface area contributed by atoms with Gasteiger partial charge in [-0.3, -0.25) is 4.90 Å². The Bertz CT molecular complexity index is 966. The van der Waals surface area contributed by atoms with E-state index in [-0.39, 0.29) is 11.6 Å². The van der Waals surface area contributed by atoms with E-state index >= 15 is 0 Å². The molecule has 1 aromatic carbocycles. The molecule has 0 radical (unpaired) electrons. The van der Waals surface area contributed by atoms with Crippen LogP contribution in [-0.2, 0) is 9.16 Å². The van der Waals surface area contributed by atoms with Gasteiger partial charge < -0.3 is 9.16 Å². The van der Waals surface area contributed by atoms with Gasteiger partial charge in [0.25, 0.3) is 0 Å². The van der Waals surface area contributed by atoms with Crippen molar-refractivity contribution in [3.63, 3.8) is 0 Å². The summed E-state index contributed by atoms with van der Waals surface area (Å²) < 4.78 is 27.0. The standard InChI is InChI=1S/C23H34BrFN2O3SSi/c1-22(2,3)29-21(28)27(15-17(14-25)30-32(7,8)23(4,5)6)16-9-10-18-19(13-16)31-20(26-18)11-12-24/h9-13,17H,14-15H2,1-8H3/b12-11+. The fourth-order valence-electron chi connectivity index (χ4n) is 2.74. The number of benzene rings is 1. The maximum absolute atomic E-state index is 14.1. The SMILES string of the molecule is CC(C)(C)OC(=O)N(CC(CF)O[Si](C)(C)C(C)(C)C)c1ccc2nc(/C=C/Br)sc2c1. The molecule has 9 heteroatoms. The number of rotatable bonds is 7. The van der Waals surface area contributed by atoms with Crippen molar-refractivity contribution < 1.29 is 18.3 Å². The second-order valence-corrected chi connectivity index (χ2v) is 16.6. The molecular formula is C23H34BrFN2O3SSi. The third-order valence-corrected chi connectivity index (χ3v) is 11.1. The molecule has 1 amide bonds. The van der Waals surface area contributed by atoms with Crippen LogP contribution in [0.25, 0.3) is 16.3 Å². The van der Waals surface area contributed by atoms with Crippen molar-refractivity contribution in [3.05, 3.63) is 28.2 Å². The normalized spacial score (nSPS) is 14.2. The number of hydrogen-bond donors (Lipinski definition) is 0. The molecule has 0 saturated carbocycles. The Morgan fingerprint density at radius 1 is 1.28 bits per heavy atom. The van der Waals surface area contributed by atoms with E-state index in [1.807, 2.05) is 45.0 Å². The van der Waals surface area contributed by atoms with Gasteiger partial charge in [0.15, 0.2) is 8.32 Å². The first-order valence-corrected chi connectivity index (χ1v) is 15.2. The minimum Gasteiger partial charge on any atom is -0.443 e. The Balaban J connectivity index is 2.41. The average Bonchev–Trinajstić information content (AvgIpc) is 3.04. The largest absolute Gasteiger partial charge is 0.443 e. The van der Waals surface area contributed by atoms with E-state index < -0.39 is 32.8 Å². The third kappa shape index (κ3) is 7.10. The van der Waals surface area contributed by atoms with Gasteiger partial charge in [-0.1, -0.05) is 36.7 Å². The van der Waals surface area contributed by atoms with E-state index in [0.29, 0.717) is 5.69 Å². The fraction of sp³-hybridized carbons (Fsp3) is 0.565. The molecule has 0 fully saturated rings. The number of thiazole rings is 1. The van der Waals surface area contributed by atoms with E-state index in [2.05, 4.69) is 54.8 Å². The molecule has 1 aromatic heterocycles. The minimum atomic E-state index is -2.23. The van der Waals surface area contributed by atoms with E-state index in [4.69, 9.17) is 9.16 Å². The summed E-state index contributed by atoms with van der Waals surface area (Å²) in [5, 5.41) is 0.777. The molecule has 0 bridgehead atoms. The van der Waals surface area contributed by atoms with Crippen LogP contribution in [0.2, 0.25) is 18.1 Å². The molecule has 0 saturated heterocycles. The van der Waals surface area contributed by atoms with Crippen LogP contribution in [0.5, 0.6) is 0 Å². The minimum absolute atomic E-state index is 0.0659. The molecule has 32 heavy (non-hydrogen) atoms. The number of nitrogens with zero attached hydrogens (tertiary/aromatic N) is 2. The van der Waals surface area contributed by atoms with Crippen LogP contribution in [0.4, 0.5) is 14.9 Å². The number of fused-ring (bicyclic) bond motifs is 1. The highest BCUT2D eigenvalue weighted by atomic mass is 79.9. The zero-order valence-corrected chi connectivity index (χ0v) is 23.6. The van der Waals surface area contributed by atoms with Crippen LogP contribution in [-0.4, -0.2) is 44.3 Å². The van der Waals surface area contributed by atoms with E-state index in [0.717, 1.165) is 15.2 Å². The second kappa shape index (κ2) is 10.3. The van der Waals surface area contributed by atoms with Gasteiger partial charge in [-0.15, -0.1) is 11.3 Å². The van der Waals surface area contributed by atoms with Crippen LogP contribution in [0, 0.1) is 0 Å². The zero-order chi connectivity index (χ0) is 24.3. The van der Waals surface area contributed by atoms with Crippen LogP contribution >= 0.6 is 27.3 Å². The zero-order valence-electron chi connectivity index (χ0n) is 20.2. The Labute approximate surface area is 204 Å². The van der Waals surface area contributed by atoms with E-state index in [1.54, 1.807) is 4.99 Å². The lowest BCUT2D eigenvalue weighted by molar-refractivity contribution is 0.0552. The molecule has 0 aliphatic carbocycles. The summed E-state index contributed by atoms with van der Waals surface area (Å²) in [7, 11) is -2.23. The summed E-state index contributed by atoms with van der Waals surface area (Å²) >= 11 is 4.78. The van der Waals surface area contributed by atoms with Gasteiger partial charge in [0, 0.05) is 5.69 Å². The Hall–Kier alpha value is -1.29. The topological polar surface area (TPSA) is 51.7 Å². The first-order chi connectivity index (χ1) is 14.7. The smallest absolute Gasteiger partial charge is 0.414 e. The predicted octanol–water partition coefficient (Wildman–Crippen LogP) is 7.76. The van der Waals surface area contributed by atoms with Crippen LogP contribution in [0.15, 0.2) is 23.2 Å². The molecule has 1 atom stereocenters. The van der Waals surface area contributed by atoms with Gasteiger partial charge in [0.05, 0.1) is 22.9 Å². The van der Waals surface area contributed by atoms with E-state index in [1.165, 1.54) is 16.2 Å². The lowest BCUT2D eigenvalue weighted by Crippen LogP contribution is -2.49. The molecule has 5 nitrogen and oxygen atoms in total. The molecule has 2 aromatic rings. The number of alkyl halides is 1. The maximum atomic E-state index is 14.1. The third-order valence-electron chi connectivity index (χ3n) is 5.35. The summed E-state index contributed by atoms with van der Waals surface area (Å²) in [6.45, 7) is 15.3. The van der Waals surface area contributed by atoms with Crippen molar-refractivity contribution in [3.8, 4) is 0 Å². The number of aromatic nitrogens is 1. The molecule has 2 rings (SSSR count). The van der Waals surface area contributed by atoms with Gasteiger partial charge in [-0.25, -0.2) is 14.2 Å². The summed E-state index contributed by atoms with van der Waals surface area (Å²) in [5.41, 5.74) is 0.786. The highest BCUT2D eigenvalue weighted by molar-refractivity contribution is 9.11.